The third-order valence-corrected chi connectivity index (χ3v) is 6.57. The summed E-state index contributed by atoms with van der Waals surface area (Å²) in [6.45, 7) is 10.2. The van der Waals surface area contributed by atoms with E-state index in [1.807, 2.05) is 107 Å². The maximum Gasteiger partial charge on any atom is 0.261 e. The largest absolute Gasteiger partial charge is 0.483 e. The minimum absolute atomic E-state index is 0.0115. The van der Waals surface area contributed by atoms with Gasteiger partial charge in [0.15, 0.2) is 6.61 Å². The van der Waals surface area contributed by atoms with E-state index in [2.05, 4.69) is 5.32 Å². The van der Waals surface area contributed by atoms with Crippen LogP contribution in [0.15, 0.2) is 72.8 Å². The number of amides is 2. The van der Waals surface area contributed by atoms with Gasteiger partial charge in [-0.15, -0.1) is 0 Å². The van der Waals surface area contributed by atoms with Gasteiger partial charge < -0.3 is 15.0 Å². The van der Waals surface area contributed by atoms with Crippen molar-refractivity contribution in [2.75, 3.05) is 6.61 Å². The number of nitrogens with zero attached hydrogens (tertiary/aromatic N) is 1. The summed E-state index contributed by atoms with van der Waals surface area (Å²) in [7, 11) is 0. The zero-order valence-electron chi connectivity index (χ0n) is 22.1. The van der Waals surface area contributed by atoms with Gasteiger partial charge in [0.2, 0.25) is 5.91 Å². The van der Waals surface area contributed by atoms with E-state index in [0.717, 1.165) is 34.2 Å². The van der Waals surface area contributed by atoms with Crippen LogP contribution < -0.4 is 10.1 Å². The molecule has 190 valence electrons. The van der Waals surface area contributed by atoms with Crippen LogP contribution in [0.1, 0.15) is 48.1 Å². The van der Waals surface area contributed by atoms with Gasteiger partial charge in [-0.2, -0.15) is 0 Å². The van der Waals surface area contributed by atoms with Crippen molar-refractivity contribution in [3.05, 3.63) is 101 Å². The molecule has 2 amide bonds. The molecule has 0 aromatic heterocycles. The number of aryl methyl sites for hydroxylation is 3. The Morgan fingerprint density at radius 1 is 0.917 bits per heavy atom. The van der Waals surface area contributed by atoms with Gasteiger partial charge in [0, 0.05) is 19.0 Å². The highest BCUT2D eigenvalue weighted by molar-refractivity contribution is 5.88. The molecule has 0 spiro atoms. The van der Waals surface area contributed by atoms with Crippen LogP contribution in [-0.2, 0) is 22.6 Å². The average Bonchev–Trinajstić information content (AvgIpc) is 2.87. The molecule has 0 aliphatic rings. The molecule has 36 heavy (non-hydrogen) atoms. The molecular formula is C31H38N2O3. The van der Waals surface area contributed by atoms with E-state index in [0.29, 0.717) is 18.7 Å². The predicted molar refractivity (Wildman–Crippen MR) is 145 cm³/mol. The number of hydrogen-bond acceptors (Lipinski definition) is 3. The zero-order valence-corrected chi connectivity index (χ0v) is 22.1. The summed E-state index contributed by atoms with van der Waals surface area (Å²) in [5.74, 6) is 0.309. The Morgan fingerprint density at radius 2 is 1.61 bits per heavy atom. The van der Waals surface area contributed by atoms with Crippen molar-refractivity contribution in [2.24, 2.45) is 0 Å². The van der Waals surface area contributed by atoms with Crippen molar-refractivity contribution in [3.8, 4) is 5.75 Å². The molecule has 2 unspecified atom stereocenters. The smallest absolute Gasteiger partial charge is 0.261 e. The van der Waals surface area contributed by atoms with Gasteiger partial charge >= 0.3 is 0 Å². The lowest BCUT2D eigenvalue weighted by Crippen LogP contribution is -2.53. The molecule has 5 heteroatoms. The lowest BCUT2D eigenvalue weighted by Gasteiger charge is -2.32. The van der Waals surface area contributed by atoms with E-state index < -0.39 is 6.04 Å². The van der Waals surface area contributed by atoms with Crippen molar-refractivity contribution in [3.63, 3.8) is 0 Å². The Balaban J connectivity index is 1.94. The van der Waals surface area contributed by atoms with Crippen LogP contribution in [-0.4, -0.2) is 35.4 Å². The van der Waals surface area contributed by atoms with Crippen molar-refractivity contribution in [1.29, 1.82) is 0 Å². The first-order valence-electron chi connectivity index (χ1n) is 12.7. The number of rotatable bonds is 11. The Hall–Kier alpha value is -3.60. The summed E-state index contributed by atoms with van der Waals surface area (Å²) in [5.41, 5.74) is 5.11. The van der Waals surface area contributed by atoms with Gasteiger partial charge in [-0.25, -0.2) is 0 Å². The van der Waals surface area contributed by atoms with E-state index in [1.54, 1.807) is 4.90 Å². The summed E-state index contributed by atoms with van der Waals surface area (Å²) >= 11 is 0. The molecule has 1 N–H and O–H groups in total. The molecular weight excluding hydrogens is 448 g/mol. The number of hydrogen-bond donors (Lipinski definition) is 1. The van der Waals surface area contributed by atoms with Crippen LogP contribution in [0.3, 0.4) is 0 Å². The Kier molecular flexibility index (Phi) is 9.69. The fourth-order valence-electron chi connectivity index (χ4n) is 4.05. The number of benzene rings is 3. The SMILES string of the molecule is CCC(C)NC(=O)C(Cc1ccccc1)N(Cc1ccccc1C)C(=O)COc1cc(C)ccc1C. The standard InChI is InChI=1S/C31H38N2O3/c1-6-25(5)32-31(35)28(19-26-13-8-7-9-14-26)33(20-27-15-11-10-12-23(27)3)30(34)21-36-29-18-22(2)16-17-24(29)4/h7-18,25,28H,6,19-21H2,1-5H3,(H,32,35). The first-order valence-corrected chi connectivity index (χ1v) is 12.7. The van der Waals surface area contributed by atoms with Gasteiger partial charge in [-0.3, -0.25) is 9.59 Å². The van der Waals surface area contributed by atoms with Crippen LogP contribution in [0.5, 0.6) is 5.75 Å². The highest BCUT2D eigenvalue weighted by atomic mass is 16.5. The summed E-state index contributed by atoms with van der Waals surface area (Å²) < 4.78 is 5.99. The molecule has 0 radical (unpaired) electrons. The monoisotopic (exact) mass is 486 g/mol. The Labute approximate surface area is 215 Å². The molecule has 0 saturated heterocycles. The molecule has 5 nitrogen and oxygen atoms in total. The highest BCUT2D eigenvalue weighted by Crippen LogP contribution is 2.21. The van der Waals surface area contributed by atoms with Crippen molar-refractivity contribution in [2.45, 2.75) is 66.1 Å². The Morgan fingerprint density at radius 3 is 2.31 bits per heavy atom. The molecule has 0 saturated carbocycles. The van der Waals surface area contributed by atoms with Crippen molar-refractivity contribution in [1.82, 2.24) is 10.2 Å². The number of ether oxygens (including phenoxy) is 1. The maximum absolute atomic E-state index is 13.7. The van der Waals surface area contributed by atoms with E-state index in [4.69, 9.17) is 4.74 Å². The normalized spacial score (nSPS) is 12.5. The third-order valence-electron chi connectivity index (χ3n) is 6.57. The van der Waals surface area contributed by atoms with Gasteiger partial charge in [0.25, 0.3) is 5.91 Å². The molecule has 0 aliphatic carbocycles. The first-order chi connectivity index (χ1) is 17.3. The lowest BCUT2D eigenvalue weighted by atomic mass is 10.0. The summed E-state index contributed by atoms with van der Waals surface area (Å²) in [4.78, 5) is 29.0. The van der Waals surface area contributed by atoms with Crippen LogP contribution >= 0.6 is 0 Å². The predicted octanol–water partition coefficient (Wildman–Crippen LogP) is 5.55. The molecule has 3 aromatic carbocycles. The molecule has 0 aliphatic heterocycles. The van der Waals surface area contributed by atoms with Crippen LogP contribution in [0.4, 0.5) is 0 Å². The molecule has 0 heterocycles. The van der Waals surface area contributed by atoms with Gasteiger partial charge in [0.1, 0.15) is 11.8 Å². The summed E-state index contributed by atoms with van der Waals surface area (Å²) in [6.07, 6.45) is 1.23. The van der Waals surface area contributed by atoms with Gasteiger partial charge in [-0.05, 0) is 68.0 Å². The molecule has 0 fully saturated rings. The minimum atomic E-state index is -0.671. The second kappa shape index (κ2) is 12.9. The maximum atomic E-state index is 13.7. The quantitative estimate of drug-likeness (QED) is 0.387. The van der Waals surface area contributed by atoms with E-state index >= 15 is 0 Å². The van der Waals surface area contributed by atoms with Crippen LogP contribution in [0, 0.1) is 20.8 Å². The summed E-state index contributed by atoms with van der Waals surface area (Å²) in [5, 5.41) is 3.10. The number of carbonyl (C=O) groups excluding carboxylic acids is 2. The van der Waals surface area contributed by atoms with Crippen LogP contribution in [0.25, 0.3) is 0 Å². The number of nitrogens with one attached hydrogen (secondary N) is 1. The molecule has 3 aromatic rings. The molecule has 2 atom stereocenters. The average molecular weight is 487 g/mol. The van der Waals surface area contributed by atoms with E-state index in [1.165, 1.54) is 0 Å². The van der Waals surface area contributed by atoms with E-state index in [9.17, 15) is 9.59 Å². The molecule has 0 bridgehead atoms. The third kappa shape index (κ3) is 7.45. The Bertz CT molecular complexity index is 1160. The first kappa shape index (κ1) is 27.0. The zero-order chi connectivity index (χ0) is 26.1. The van der Waals surface area contributed by atoms with Crippen molar-refractivity contribution >= 4 is 11.8 Å². The second-order valence-corrected chi connectivity index (χ2v) is 9.53. The van der Waals surface area contributed by atoms with Gasteiger partial charge in [-0.1, -0.05) is 73.7 Å². The number of carbonyl (C=O) groups is 2. The van der Waals surface area contributed by atoms with Gasteiger partial charge in [0.05, 0.1) is 0 Å². The van der Waals surface area contributed by atoms with Crippen LogP contribution in [0.2, 0.25) is 0 Å². The van der Waals surface area contributed by atoms with E-state index in [-0.39, 0.29) is 24.5 Å². The fraction of sp³-hybridized carbons (Fsp3) is 0.355. The summed E-state index contributed by atoms with van der Waals surface area (Å²) in [6, 6.07) is 23.1. The fourth-order valence-corrected chi connectivity index (χ4v) is 4.05. The minimum Gasteiger partial charge on any atom is -0.483 e. The highest BCUT2D eigenvalue weighted by Gasteiger charge is 2.31. The van der Waals surface area contributed by atoms with Crippen molar-refractivity contribution < 1.29 is 14.3 Å². The molecule has 3 rings (SSSR count). The lowest BCUT2D eigenvalue weighted by molar-refractivity contribution is -0.143. The topological polar surface area (TPSA) is 58.6 Å². The second-order valence-electron chi connectivity index (χ2n) is 9.53.